The maximum atomic E-state index is 12.4. The smallest absolute Gasteiger partial charge is 0.338 e. The molecule has 0 radical (unpaired) electrons. The molecule has 3 aromatic carbocycles. The Morgan fingerprint density at radius 1 is 0.793 bits per heavy atom. The lowest BCUT2D eigenvalue weighted by Crippen LogP contribution is -2.24. The SMILES string of the molecule is O=C(Nc1ccccc1)Nc1ccc(C(=O)OC2Cc3ccccc3C2=O)cc1. The number of esters is 1. The van der Waals surface area contributed by atoms with Crippen LogP contribution in [0.1, 0.15) is 26.3 Å². The second kappa shape index (κ2) is 7.98. The molecule has 0 fully saturated rings. The van der Waals surface area contributed by atoms with Gasteiger partial charge in [0, 0.05) is 23.4 Å². The number of ketones is 1. The number of hydrogen-bond acceptors (Lipinski definition) is 4. The van der Waals surface area contributed by atoms with E-state index >= 15 is 0 Å². The van der Waals surface area contributed by atoms with Gasteiger partial charge >= 0.3 is 12.0 Å². The van der Waals surface area contributed by atoms with Crippen molar-refractivity contribution in [1.29, 1.82) is 0 Å². The van der Waals surface area contributed by atoms with E-state index in [2.05, 4.69) is 10.6 Å². The van der Waals surface area contributed by atoms with Gasteiger partial charge in [-0.1, -0.05) is 42.5 Å². The summed E-state index contributed by atoms with van der Waals surface area (Å²) in [5.74, 6) is -0.749. The second-order valence-electron chi connectivity index (χ2n) is 6.64. The van der Waals surface area contributed by atoms with E-state index in [0.717, 1.165) is 5.56 Å². The minimum Gasteiger partial charge on any atom is -0.450 e. The van der Waals surface area contributed by atoms with Crippen LogP contribution in [0, 0.1) is 0 Å². The van der Waals surface area contributed by atoms with Crippen molar-refractivity contribution in [2.45, 2.75) is 12.5 Å². The van der Waals surface area contributed by atoms with Crippen molar-refractivity contribution in [2.24, 2.45) is 0 Å². The molecule has 0 spiro atoms. The van der Waals surface area contributed by atoms with Crippen LogP contribution in [0.15, 0.2) is 78.9 Å². The number of rotatable bonds is 4. The summed E-state index contributed by atoms with van der Waals surface area (Å²) in [4.78, 5) is 36.8. The first-order valence-electron chi connectivity index (χ1n) is 9.16. The summed E-state index contributed by atoms with van der Waals surface area (Å²) < 4.78 is 5.40. The van der Waals surface area contributed by atoms with Gasteiger partial charge in [-0.2, -0.15) is 0 Å². The standard InChI is InChI=1S/C23H18N2O4/c26-21-19-9-5-4-6-16(19)14-20(21)29-22(27)15-10-12-18(13-11-15)25-23(28)24-17-7-2-1-3-8-17/h1-13,20H,14H2,(H2,24,25,28). The molecule has 1 aliphatic rings. The molecule has 0 aliphatic heterocycles. The van der Waals surface area contributed by atoms with Gasteiger partial charge in [0.2, 0.25) is 5.78 Å². The van der Waals surface area contributed by atoms with Gasteiger partial charge in [0.1, 0.15) is 0 Å². The van der Waals surface area contributed by atoms with Crippen LogP contribution in [-0.2, 0) is 11.2 Å². The molecule has 1 atom stereocenters. The molecule has 1 aliphatic carbocycles. The van der Waals surface area contributed by atoms with E-state index in [4.69, 9.17) is 4.74 Å². The Hall–Kier alpha value is -3.93. The normalized spacial score (nSPS) is 14.8. The van der Waals surface area contributed by atoms with Gasteiger partial charge in [0.25, 0.3) is 0 Å². The number of amides is 2. The summed E-state index contributed by atoms with van der Waals surface area (Å²) in [6, 6.07) is 22.2. The number of carbonyl (C=O) groups excluding carboxylic acids is 3. The third kappa shape index (κ3) is 4.16. The molecule has 2 N–H and O–H groups in total. The van der Waals surface area contributed by atoms with Crippen molar-refractivity contribution >= 4 is 29.2 Å². The van der Waals surface area contributed by atoms with Gasteiger partial charge in [0.15, 0.2) is 6.10 Å². The molecule has 4 rings (SSSR count). The summed E-state index contributed by atoms with van der Waals surface area (Å²) in [5.41, 5.74) is 3.00. The first kappa shape index (κ1) is 18.4. The number of urea groups is 1. The Morgan fingerprint density at radius 3 is 2.10 bits per heavy atom. The van der Waals surface area contributed by atoms with Crippen LogP contribution in [0.4, 0.5) is 16.2 Å². The van der Waals surface area contributed by atoms with E-state index in [1.165, 1.54) is 0 Å². The average Bonchev–Trinajstić information content (AvgIpc) is 3.05. The van der Waals surface area contributed by atoms with E-state index in [-0.39, 0.29) is 11.8 Å². The third-order valence-electron chi connectivity index (χ3n) is 4.64. The second-order valence-corrected chi connectivity index (χ2v) is 6.64. The van der Waals surface area contributed by atoms with Crippen molar-refractivity contribution in [3.05, 3.63) is 95.6 Å². The monoisotopic (exact) mass is 386 g/mol. The van der Waals surface area contributed by atoms with Crippen LogP contribution < -0.4 is 10.6 Å². The molecular weight excluding hydrogens is 368 g/mol. The summed E-state index contributed by atoms with van der Waals surface area (Å²) in [5, 5.41) is 5.40. The first-order chi connectivity index (χ1) is 14.1. The molecule has 0 saturated carbocycles. The van der Waals surface area contributed by atoms with E-state index in [1.807, 2.05) is 30.3 Å². The van der Waals surface area contributed by atoms with Crippen LogP contribution in [0.5, 0.6) is 0 Å². The molecule has 0 saturated heterocycles. The molecule has 0 aromatic heterocycles. The maximum absolute atomic E-state index is 12.4. The van der Waals surface area contributed by atoms with E-state index in [1.54, 1.807) is 48.5 Å². The van der Waals surface area contributed by atoms with Gasteiger partial charge in [-0.15, -0.1) is 0 Å². The summed E-state index contributed by atoms with van der Waals surface area (Å²) >= 11 is 0. The van der Waals surface area contributed by atoms with E-state index in [9.17, 15) is 14.4 Å². The van der Waals surface area contributed by atoms with E-state index in [0.29, 0.717) is 28.9 Å². The molecule has 6 nitrogen and oxygen atoms in total. The highest BCUT2D eigenvalue weighted by Crippen LogP contribution is 2.25. The van der Waals surface area contributed by atoms with Crippen molar-refractivity contribution in [1.82, 2.24) is 0 Å². The fourth-order valence-corrected chi connectivity index (χ4v) is 3.20. The predicted octanol–water partition coefficient (Wildman–Crippen LogP) is 4.30. The van der Waals surface area contributed by atoms with Crippen molar-refractivity contribution in [3.8, 4) is 0 Å². The van der Waals surface area contributed by atoms with Crippen molar-refractivity contribution in [2.75, 3.05) is 10.6 Å². The molecular formula is C23H18N2O4. The van der Waals surface area contributed by atoms with E-state index < -0.39 is 12.1 Å². The topological polar surface area (TPSA) is 84.5 Å². The highest BCUT2D eigenvalue weighted by Gasteiger charge is 2.33. The Kier molecular flexibility index (Phi) is 5.07. The summed E-state index contributed by atoms with van der Waals surface area (Å²) in [6.07, 6.45) is -0.408. The summed E-state index contributed by atoms with van der Waals surface area (Å²) in [7, 11) is 0. The van der Waals surface area contributed by atoms with Crippen LogP contribution in [0.25, 0.3) is 0 Å². The zero-order valence-corrected chi connectivity index (χ0v) is 15.4. The molecule has 144 valence electrons. The molecule has 1 unspecified atom stereocenters. The lowest BCUT2D eigenvalue weighted by Gasteiger charge is -2.11. The molecule has 6 heteroatoms. The lowest BCUT2D eigenvalue weighted by atomic mass is 10.1. The average molecular weight is 386 g/mol. The Morgan fingerprint density at radius 2 is 1.41 bits per heavy atom. The predicted molar refractivity (Wildman–Crippen MR) is 109 cm³/mol. The Balaban J connectivity index is 1.35. The number of benzene rings is 3. The molecule has 3 aromatic rings. The van der Waals surface area contributed by atoms with Crippen molar-refractivity contribution in [3.63, 3.8) is 0 Å². The highest BCUT2D eigenvalue weighted by molar-refractivity contribution is 6.05. The molecule has 29 heavy (non-hydrogen) atoms. The molecule has 2 amide bonds. The number of fused-ring (bicyclic) bond motifs is 1. The van der Waals surface area contributed by atoms with Gasteiger partial charge in [0.05, 0.1) is 5.56 Å². The number of ether oxygens (including phenoxy) is 1. The Labute approximate surface area is 167 Å². The minimum atomic E-state index is -0.797. The van der Waals surface area contributed by atoms with Gasteiger partial charge in [-0.3, -0.25) is 4.79 Å². The van der Waals surface area contributed by atoms with Gasteiger partial charge in [-0.25, -0.2) is 9.59 Å². The van der Waals surface area contributed by atoms with Gasteiger partial charge in [-0.05, 0) is 42.0 Å². The molecule has 0 bridgehead atoms. The van der Waals surface area contributed by atoms with Crippen molar-refractivity contribution < 1.29 is 19.1 Å². The van der Waals surface area contributed by atoms with Gasteiger partial charge < -0.3 is 15.4 Å². The van der Waals surface area contributed by atoms with Crippen LogP contribution >= 0.6 is 0 Å². The molecule has 0 heterocycles. The quantitative estimate of drug-likeness (QED) is 0.655. The summed E-state index contributed by atoms with van der Waals surface area (Å²) in [6.45, 7) is 0. The third-order valence-corrected chi connectivity index (χ3v) is 4.64. The zero-order valence-electron chi connectivity index (χ0n) is 15.4. The number of nitrogens with one attached hydrogen (secondary N) is 2. The minimum absolute atomic E-state index is 0.176. The highest BCUT2D eigenvalue weighted by atomic mass is 16.5. The number of para-hydroxylation sites is 1. The van der Waals surface area contributed by atoms with Crippen LogP contribution in [-0.4, -0.2) is 23.9 Å². The number of Topliss-reactive ketones (excluding diaryl/α,β-unsaturated/α-hetero) is 1. The Bertz CT molecular complexity index is 1060. The largest absolute Gasteiger partial charge is 0.450 e. The lowest BCUT2D eigenvalue weighted by molar-refractivity contribution is 0.0304. The maximum Gasteiger partial charge on any atom is 0.338 e. The zero-order chi connectivity index (χ0) is 20.2. The number of carbonyl (C=O) groups is 3. The fraction of sp³-hybridized carbons (Fsp3) is 0.0870. The number of hydrogen-bond donors (Lipinski definition) is 2. The van der Waals surface area contributed by atoms with Crippen LogP contribution in [0.2, 0.25) is 0 Å². The first-order valence-corrected chi connectivity index (χ1v) is 9.16. The van der Waals surface area contributed by atoms with Crippen LogP contribution in [0.3, 0.4) is 0 Å². The fourth-order valence-electron chi connectivity index (χ4n) is 3.20. The number of anilines is 2.